The third-order valence-corrected chi connectivity index (χ3v) is 4.79. The SMILES string of the molecule is Cc1cc(CCBr)c2oc(N3CCC(C#N)CC3)cc(=O)c2c1. The first kappa shape index (κ1) is 16.1. The zero-order valence-corrected chi connectivity index (χ0v) is 14.7. The smallest absolute Gasteiger partial charge is 0.199 e. The molecule has 4 nitrogen and oxygen atoms in total. The van der Waals surface area contributed by atoms with Gasteiger partial charge in [-0.3, -0.25) is 4.79 Å². The maximum absolute atomic E-state index is 12.5. The highest BCUT2D eigenvalue weighted by molar-refractivity contribution is 9.09. The number of nitriles is 1. The van der Waals surface area contributed by atoms with Crippen LogP contribution in [0.4, 0.5) is 5.88 Å². The lowest BCUT2D eigenvalue weighted by atomic mass is 9.99. The number of hydrogen-bond donors (Lipinski definition) is 0. The molecule has 1 fully saturated rings. The zero-order chi connectivity index (χ0) is 16.4. The number of halogens is 1. The van der Waals surface area contributed by atoms with Gasteiger partial charge in [-0.1, -0.05) is 22.0 Å². The minimum Gasteiger partial charge on any atom is -0.440 e. The van der Waals surface area contributed by atoms with E-state index in [1.54, 1.807) is 6.07 Å². The van der Waals surface area contributed by atoms with E-state index in [4.69, 9.17) is 9.68 Å². The summed E-state index contributed by atoms with van der Waals surface area (Å²) in [6, 6.07) is 7.89. The lowest BCUT2D eigenvalue weighted by Crippen LogP contribution is -2.33. The Balaban J connectivity index is 2.03. The number of anilines is 1. The second kappa shape index (κ2) is 6.76. The van der Waals surface area contributed by atoms with E-state index in [-0.39, 0.29) is 11.3 Å². The molecule has 0 amide bonds. The van der Waals surface area contributed by atoms with Crippen LogP contribution in [-0.2, 0) is 6.42 Å². The van der Waals surface area contributed by atoms with E-state index in [1.165, 1.54) is 0 Å². The van der Waals surface area contributed by atoms with E-state index in [0.717, 1.165) is 48.8 Å². The summed E-state index contributed by atoms with van der Waals surface area (Å²) in [5.74, 6) is 0.739. The molecule has 0 unspecified atom stereocenters. The van der Waals surface area contributed by atoms with Crippen LogP contribution in [0.2, 0.25) is 0 Å². The molecule has 3 rings (SSSR count). The van der Waals surface area contributed by atoms with Gasteiger partial charge in [-0.2, -0.15) is 5.26 Å². The van der Waals surface area contributed by atoms with Crippen molar-refractivity contribution in [2.75, 3.05) is 23.3 Å². The van der Waals surface area contributed by atoms with E-state index in [0.29, 0.717) is 16.9 Å². The summed E-state index contributed by atoms with van der Waals surface area (Å²) < 4.78 is 6.11. The van der Waals surface area contributed by atoms with E-state index in [2.05, 4.69) is 33.0 Å². The van der Waals surface area contributed by atoms with E-state index in [9.17, 15) is 4.79 Å². The van der Waals surface area contributed by atoms with Crippen molar-refractivity contribution in [3.05, 3.63) is 39.5 Å². The summed E-state index contributed by atoms with van der Waals surface area (Å²) in [7, 11) is 0. The van der Waals surface area contributed by atoms with Crippen molar-refractivity contribution < 1.29 is 4.42 Å². The van der Waals surface area contributed by atoms with Crippen LogP contribution in [0, 0.1) is 24.2 Å². The van der Waals surface area contributed by atoms with Crippen LogP contribution in [0.1, 0.15) is 24.0 Å². The molecule has 23 heavy (non-hydrogen) atoms. The molecule has 2 heterocycles. The average Bonchev–Trinajstić information content (AvgIpc) is 2.56. The van der Waals surface area contributed by atoms with Crippen LogP contribution >= 0.6 is 15.9 Å². The van der Waals surface area contributed by atoms with Crippen LogP contribution in [0.5, 0.6) is 0 Å². The molecular weight excluding hydrogens is 356 g/mol. The molecule has 120 valence electrons. The lowest BCUT2D eigenvalue weighted by molar-refractivity contribution is 0.457. The van der Waals surface area contributed by atoms with Gasteiger partial charge in [0.15, 0.2) is 11.3 Å². The molecule has 0 spiro atoms. The van der Waals surface area contributed by atoms with Crippen molar-refractivity contribution in [2.45, 2.75) is 26.2 Å². The Kier molecular flexibility index (Phi) is 4.72. The third-order valence-electron chi connectivity index (χ3n) is 4.39. The van der Waals surface area contributed by atoms with Crippen LogP contribution in [0.3, 0.4) is 0 Å². The molecule has 0 aliphatic carbocycles. The monoisotopic (exact) mass is 374 g/mol. The number of fused-ring (bicyclic) bond motifs is 1. The van der Waals surface area contributed by atoms with Crippen molar-refractivity contribution in [1.82, 2.24) is 0 Å². The molecule has 1 aliphatic heterocycles. The molecule has 0 bridgehead atoms. The van der Waals surface area contributed by atoms with Crippen molar-refractivity contribution in [3.63, 3.8) is 0 Å². The van der Waals surface area contributed by atoms with Crippen LogP contribution in [0.15, 0.2) is 27.4 Å². The maximum Gasteiger partial charge on any atom is 0.199 e. The fourth-order valence-corrected chi connectivity index (χ4v) is 3.58. The maximum atomic E-state index is 12.5. The largest absolute Gasteiger partial charge is 0.440 e. The van der Waals surface area contributed by atoms with Gasteiger partial charge in [0, 0.05) is 30.4 Å². The molecule has 5 heteroatoms. The van der Waals surface area contributed by atoms with Crippen molar-refractivity contribution in [2.24, 2.45) is 5.92 Å². The summed E-state index contributed by atoms with van der Waals surface area (Å²) in [6.07, 6.45) is 2.46. The minimum atomic E-state index is 0.00294. The molecule has 1 aliphatic rings. The molecule has 0 radical (unpaired) electrons. The number of hydrogen-bond acceptors (Lipinski definition) is 4. The average molecular weight is 375 g/mol. The van der Waals surface area contributed by atoms with Crippen LogP contribution < -0.4 is 10.3 Å². The Morgan fingerprint density at radius 1 is 1.35 bits per heavy atom. The van der Waals surface area contributed by atoms with Gasteiger partial charge < -0.3 is 9.32 Å². The van der Waals surface area contributed by atoms with Gasteiger partial charge >= 0.3 is 0 Å². The van der Waals surface area contributed by atoms with Gasteiger partial charge in [-0.05, 0) is 43.4 Å². The highest BCUT2D eigenvalue weighted by Crippen LogP contribution is 2.27. The molecular formula is C18H19BrN2O2. The first-order chi connectivity index (χ1) is 11.1. The quantitative estimate of drug-likeness (QED) is 0.767. The van der Waals surface area contributed by atoms with Gasteiger partial charge in [0.2, 0.25) is 0 Å². The lowest BCUT2D eigenvalue weighted by Gasteiger charge is -2.29. The third kappa shape index (κ3) is 3.28. The fourth-order valence-electron chi connectivity index (χ4n) is 3.15. The Labute approximate surface area is 143 Å². The summed E-state index contributed by atoms with van der Waals surface area (Å²) in [5.41, 5.74) is 2.83. The Bertz CT molecular complexity index is 814. The number of aryl methyl sites for hydroxylation is 2. The van der Waals surface area contributed by atoms with Crippen molar-refractivity contribution in [3.8, 4) is 6.07 Å². The predicted octanol–water partition coefficient (Wildman–Crippen LogP) is 3.78. The molecule has 1 aromatic heterocycles. The van der Waals surface area contributed by atoms with Crippen LogP contribution in [0.25, 0.3) is 11.0 Å². The van der Waals surface area contributed by atoms with E-state index in [1.807, 2.05) is 13.0 Å². The Morgan fingerprint density at radius 3 is 2.74 bits per heavy atom. The highest BCUT2D eigenvalue weighted by atomic mass is 79.9. The molecule has 0 saturated carbocycles. The molecule has 1 aromatic carbocycles. The second-order valence-corrected chi connectivity index (χ2v) is 6.87. The van der Waals surface area contributed by atoms with Crippen molar-refractivity contribution >= 4 is 32.8 Å². The topological polar surface area (TPSA) is 57.2 Å². The summed E-state index contributed by atoms with van der Waals surface area (Å²) in [5, 5.41) is 10.5. The van der Waals surface area contributed by atoms with Gasteiger partial charge in [0.25, 0.3) is 0 Å². The number of nitrogens with zero attached hydrogens (tertiary/aromatic N) is 2. The van der Waals surface area contributed by atoms with Gasteiger partial charge in [0.1, 0.15) is 5.58 Å². The summed E-state index contributed by atoms with van der Waals surface area (Å²) in [4.78, 5) is 14.6. The van der Waals surface area contributed by atoms with Gasteiger partial charge in [-0.25, -0.2) is 0 Å². The fraction of sp³-hybridized carbons (Fsp3) is 0.444. The number of benzene rings is 1. The number of piperidine rings is 1. The van der Waals surface area contributed by atoms with Gasteiger partial charge in [0.05, 0.1) is 11.5 Å². The van der Waals surface area contributed by atoms with Crippen molar-refractivity contribution in [1.29, 1.82) is 5.26 Å². The molecule has 1 saturated heterocycles. The standard InChI is InChI=1S/C18H19BrN2O2/c1-12-8-14(2-5-19)18-15(9-12)16(22)10-17(23-18)21-6-3-13(11-20)4-7-21/h8-10,13H,2-7H2,1H3. The minimum absolute atomic E-state index is 0.00294. The number of alkyl halides is 1. The van der Waals surface area contributed by atoms with Crippen LogP contribution in [-0.4, -0.2) is 18.4 Å². The van der Waals surface area contributed by atoms with Gasteiger partial charge in [-0.15, -0.1) is 0 Å². The highest BCUT2D eigenvalue weighted by Gasteiger charge is 2.21. The first-order valence-corrected chi connectivity index (χ1v) is 9.02. The van der Waals surface area contributed by atoms with E-state index < -0.39 is 0 Å². The zero-order valence-electron chi connectivity index (χ0n) is 13.1. The second-order valence-electron chi connectivity index (χ2n) is 6.08. The van der Waals surface area contributed by atoms with E-state index >= 15 is 0 Å². The molecule has 0 N–H and O–H groups in total. The first-order valence-electron chi connectivity index (χ1n) is 7.90. The predicted molar refractivity (Wildman–Crippen MR) is 95.3 cm³/mol. The Hall–Kier alpha value is -1.80. The number of rotatable bonds is 3. The summed E-state index contributed by atoms with van der Waals surface area (Å²) in [6.45, 7) is 3.51. The molecule has 2 aromatic rings. The molecule has 0 atom stereocenters. The summed E-state index contributed by atoms with van der Waals surface area (Å²) >= 11 is 3.46. The Morgan fingerprint density at radius 2 is 2.09 bits per heavy atom. The normalized spacial score (nSPS) is 15.8.